The standard InChI is InChI=1S/C20H23NO3/c1-16(2)24-19-12-10-17(11-13-19)9-6-14-21-20(22)23-15-18-7-4-3-5-8-18/h3-13,16H,14-15H2,1-2H3,(H,21,22). The topological polar surface area (TPSA) is 47.6 Å². The highest BCUT2D eigenvalue weighted by Gasteiger charge is 2.00. The second-order valence-electron chi connectivity index (χ2n) is 5.58. The minimum absolute atomic E-state index is 0.164. The van der Waals surface area contributed by atoms with Crippen LogP contribution in [0.5, 0.6) is 5.75 Å². The maximum atomic E-state index is 11.6. The van der Waals surface area contributed by atoms with Gasteiger partial charge in [0, 0.05) is 6.54 Å². The van der Waals surface area contributed by atoms with Crippen molar-refractivity contribution in [3.05, 3.63) is 71.8 Å². The van der Waals surface area contributed by atoms with Crippen molar-refractivity contribution in [2.24, 2.45) is 0 Å². The normalized spacial score (nSPS) is 10.8. The number of benzene rings is 2. The van der Waals surface area contributed by atoms with E-state index in [9.17, 15) is 4.79 Å². The molecule has 0 aromatic heterocycles. The summed E-state index contributed by atoms with van der Waals surface area (Å²) in [6.07, 6.45) is 3.56. The molecule has 0 saturated carbocycles. The zero-order chi connectivity index (χ0) is 17.2. The van der Waals surface area contributed by atoms with Crippen molar-refractivity contribution in [2.45, 2.75) is 26.6 Å². The van der Waals surface area contributed by atoms with Crippen molar-refractivity contribution in [3.8, 4) is 5.75 Å². The van der Waals surface area contributed by atoms with Gasteiger partial charge in [-0.1, -0.05) is 54.6 Å². The van der Waals surface area contributed by atoms with Gasteiger partial charge in [0.1, 0.15) is 12.4 Å². The first-order valence-corrected chi connectivity index (χ1v) is 8.01. The molecule has 0 atom stereocenters. The summed E-state index contributed by atoms with van der Waals surface area (Å²) in [6, 6.07) is 17.4. The van der Waals surface area contributed by atoms with Gasteiger partial charge in [-0.05, 0) is 37.1 Å². The van der Waals surface area contributed by atoms with Crippen molar-refractivity contribution >= 4 is 12.2 Å². The number of rotatable bonds is 7. The molecular weight excluding hydrogens is 302 g/mol. The molecule has 24 heavy (non-hydrogen) atoms. The highest BCUT2D eigenvalue weighted by molar-refractivity contribution is 5.67. The third-order valence-electron chi connectivity index (χ3n) is 3.14. The molecule has 1 amide bonds. The monoisotopic (exact) mass is 325 g/mol. The minimum atomic E-state index is -0.427. The van der Waals surface area contributed by atoms with E-state index in [0.717, 1.165) is 16.9 Å². The summed E-state index contributed by atoms with van der Waals surface area (Å²) < 4.78 is 10.7. The predicted molar refractivity (Wildman–Crippen MR) is 95.9 cm³/mol. The third-order valence-corrected chi connectivity index (χ3v) is 3.14. The van der Waals surface area contributed by atoms with Gasteiger partial charge in [0.25, 0.3) is 0 Å². The number of alkyl carbamates (subject to hydrolysis) is 1. The number of nitrogens with one attached hydrogen (secondary N) is 1. The molecule has 4 heteroatoms. The number of carbonyl (C=O) groups is 1. The first kappa shape index (κ1) is 17.6. The van der Waals surface area contributed by atoms with Crippen LogP contribution in [0.2, 0.25) is 0 Å². The molecular formula is C20H23NO3. The Labute approximate surface area is 143 Å². The smallest absolute Gasteiger partial charge is 0.407 e. The molecule has 0 aliphatic heterocycles. The quantitative estimate of drug-likeness (QED) is 0.820. The van der Waals surface area contributed by atoms with Crippen molar-refractivity contribution < 1.29 is 14.3 Å². The number of carbonyl (C=O) groups excluding carboxylic acids is 1. The lowest BCUT2D eigenvalue weighted by Crippen LogP contribution is -2.24. The Kier molecular flexibility index (Phi) is 6.90. The van der Waals surface area contributed by atoms with Crippen LogP contribution in [-0.4, -0.2) is 18.7 Å². The Morgan fingerprint density at radius 2 is 1.79 bits per heavy atom. The van der Waals surface area contributed by atoms with Gasteiger partial charge >= 0.3 is 6.09 Å². The SMILES string of the molecule is CC(C)Oc1ccc(C=CCNC(=O)OCc2ccccc2)cc1. The minimum Gasteiger partial charge on any atom is -0.491 e. The molecule has 4 nitrogen and oxygen atoms in total. The molecule has 2 rings (SSSR count). The van der Waals surface area contributed by atoms with Crippen molar-refractivity contribution in [1.29, 1.82) is 0 Å². The average Bonchev–Trinajstić information content (AvgIpc) is 2.59. The summed E-state index contributed by atoms with van der Waals surface area (Å²) in [5.41, 5.74) is 2.01. The van der Waals surface area contributed by atoms with Crippen LogP contribution >= 0.6 is 0 Å². The van der Waals surface area contributed by atoms with Gasteiger partial charge in [0.05, 0.1) is 6.10 Å². The molecule has 0 unspecified atom stereocenters. The first-order valence-electron chi connectivity index (χ1n) is 8.01. The second kappa shape index (κ2) is 9.40. The zero-order valence-corrected chi connectivity index (χ0v) is 14.1. The molecule has 1 N–H and O–H groups in total. The van der Waals surface area contributed by atoms with E-state index < -0.39 is 6.09 Å². The van der Waals surface area contributed by atoms with Crippen molar-refractivity contribution in [3.63, 3.8) is 0 Å². The predicted octanol–water partition coefficient (Wildman–Crippen LogP) is 4.41. The van der Waals surface area contributed by atoms with Gasteiger partial charge in [0.15, 0.2) is 0 Å². The van der Waals surface area contributed by atoms with Crippen LogP contribution in [0.15, 0.2) is 60.7 Å². The van der Waals surface area contributed by atoms with E-state index in [1.54, 1.807) is 0 Å². The lowest BCUT2D eigenvalue weighted by atomic mass is 10.2. The van der Waals surface area contributed by atoms with Crippen LogP contribution < -0.4 is 10.1 Å². The summed E-state index contributed by atoms with van der Waals surface area (Å²) >= 11 is 0. The van der Waals surface area contributed by atoms with Crippen LogP contribution in [0.25, 0.3) is 6.08 Å². The molecule has 2 aromatic rings. The molecule has 0 spiro atoms. The summed E-state index contributed by atoms with van der Waals surface area (Å²) in [7, 11) is 0. The van der Waals surface area contributed by atoms with Crippen LogP contribution in [0.4, 0.5) is 4.79 Å². The highest BCUT2D eigenvalue weighted by Crippen LogP contribution is 2.14. The van der Waals surface area contributed by atoms with E-state index in [4.69, 9.17) is 9.47 Å². The number of amides is 1. The van der Waals surface area contributed by atoms with E-state index in [0.29, 0.717) is 6.54 Å². The maximum absolute atomic E-state index is 11.6. The summed E-state index contributed by atoms with van der Waals surface area (Å²) in [6.45, 7) is 4.68. The van der Waals surface area contributed by atoms with Crippen LogP contribution in [-0.2, 0) is 11.3 Å². The van der Waals surface area contributed by atoms with E-state index in [-0.39, 0.29) is 12.7 Å². The number of ether oxygens (including phenoxy) is 2. The van der Waals surface area contributed by atoms with Crippen LogP contribution in [0.3, 0.4) is 0 Å². The van der Waals surface area contributed by atoms with Gasteiger partial charge in [0.2, 0.25) is 0 Å². The fourth-order valence-electron chi connectivity index (χ4n) is 2.04. The van der Waals surface area contributed by atoms with E-state index in [1.165, 1.54) is 0 Å². The molecule has 126 valence electrons. The Hall–Kier alpha value is -2.75. The van der Waals surface area contributed by atoms with Crippen LogP contribution in [0, 0.1) is 0 Å². The van der Waals surface area contributed by atoms with E-state index in [2.05, 4.69) is 5.32 Å². The van der Waals surface area contributed by atoms with Gasteiger partial charge in [-0.2, -0.15) is 0 Å². The second-order valence-corrected chi connectivity index (χ2v) is 5.58. The highest BCUT2D eigenvalue weighted by atomic mass is 16.5. The molecule has 0 heterocycles. The molecule has 0 fully saturated rings. The summed E-state index contributed by atoms with van der Waals surface area (Å²) in [5.74, 6) is 0.852. The van der Waals surface area contributed by atoms with Crippen molar-refractivity contribution in [2.75, 3.05) is 6.54 Å². The van der Waals surface area contributed by atoms with Gasteiger partial charge in [-0.25, -0.2) is 4.79 Å². The average molecular weight is 325 g/mol. The number of hydrogen-bond donors (Lipinski definition) is 1. The third kappa shape index (κ3) is 6.57. The molecule has 0 radical (unpaired) electrons. The van der Waals surface area contributed by atoms with Crippen LogP contribution in [0.1, 0.15) is 25.0 Å². The molecule has 0 aliphatic rings. The fraction of sp³-hybridized carbons (Fsp3) is 0.250. The Morgan fingerprint density at radius 1 is 1.08 bits per heavy atom. The Morgan fingerprint density at radius 3 is 2.46 bits per heavy atom. The molecule has 2 aromatic carbocycles. The van der Waals surface area contributed by atoms with E-state index >= 15 is 0 Å². The van der Waals surface area contributed by atoms with E-state index in [1.807, 2.05) is 80.6 Å². The van der Waals surface area contributed by atoms with Gasteiger partial charge < -0.3 is 14.8 Å². The lowest BCUT2D eigenvalue weighted by Gasteiger charge is -2.09. The maximum Gasteiger partial charge on any atom is 0.407 e. The summed E-state index contributed by atoms with van der Waals surface area (Å²) in [4.78, 5) is 11.6. The number of hydrogen-bond acceptors (Lipinski definition) is 3. The molecule has 0 aliphatic carbocycles. The molecule has 0 bridgehead atoms. The lowest BCUT2D eigenvalue weighted by molar-refractivity contribution is 0.141. The summed E-state index contributed by atoms with van der Waals surface area (Å²) in [5, 5.41) is 2.69. The Bertz CT molecular complexity index is 648. The van der Waals surface area contributed by atoms with Gasteiger partial charge in [-0.3, -0.25) is 0 Å². The first-order chi connectivity index (χ1) is 11.6. The molecule has 0 saturated heterocycles. The van der Waals surface area contributed by atoms with Crippen molar-refractivity contribution in [1.82, 2.24) is 5.32 Å². The Balaban J connectivity index is 1.69. The fourth-order valence-corrected chi connectivity index (χ4v) is 2.04. The zero-order valence-electron chi connectivity index (χ0n) is 14.1. The largest absolute Gasteiger partial charge is 0.491 e. The van der Waals surface area contributed by atoms with Gasteiger partial charge in [-0.15, -0.1) is 0 Å².